The molecule has 0 spiro atoms. The Bertz CT molecular complexity index is 837. The number of fused-ring (bicyclic) bond motifs is 1. The van der Waals surface area contributed by atoms with E-state index in [1.165, 1.54) is 35.9 Å². The molecule has 1 fully saturated rings. The van der Waals surface area contributed by atoms with Gasteiger partial charge in [-0.15, -0.1) is 0 Å². The Hall–Kier alpha value is -2.55. The van der Waals surface area contributed by atoms with Crippen molar-refractivity contribution in [1.29, 1.82) is 0 Å². The van der Waals surface area contributed by atoms with E-state index in [1.807, 2.05) is 0 Å². The first-order chi connectivity index (χ1) is 11.8. The number of anilines is 1. The Labute approximate surface area is 143 Å². The molecule has 0 bridgehead atoms. The molecule has 1 saturated heterocycles. The number of aryl methyl sites for hydroxylation is 1. The molecular weight excluding hydrogens is 294 g/mol. The molecule has 0 amide bonds. The van der Waals surface area contributed by atoms with Crippen LogP contribution in [0.25, 0.3) is 23.1 Å². The van der Waals surface area contributed by atoms with Gasteiger partial charge in [0.15, 0.2) is 0 Å². The number of H-pyrrole nitrogens is 1. The molecule has 0 radical (unpaired) electrons. The normalized spacial score (nSPS) is 15.5. The smallest absolute Gasteiger partial charge is 0.0654 e. The topological polar surface area (TPSA) is 31.9 Å². The number of nitrogens with zero attached hydrogens (tertiary/aromatic N) is 2. The van der Waals surface area contributed by atoms with Crippen LogP contribution in [0.1, 0.15) is 36.3 Å². The van der Waals surface area contributed by atoms with Crippen molar-refractivity contribution in [1.82, 2.24) is 9.97 Å². The van der Waals surface area contributed by atoms with Crippen molar-refractivity contribution in [2.24, 2.45) is 0 Å². The summed E-state index contributed by atoms with van der Waals surface area (Å²) in [5, 5.41) is 1.24. The summed E-state index contributed by atoms with van der Waals surface area (Å²) >= 11 is 0. The highest BCUT2D eigenvalue weighted by atomic mass is 15.1. The molecule has 0 saturated carbocycles. The predicted octanol–water partition coefficient (Wildman–Crippen LogP) is 5.03. The van der Waals surface area contributed by atoms with Crippen LogP contribution in [0.4, 0.5) is 5.69 Å². The largest absolute Gasteiger partial charge is 0.371 e. The summed E-state index contributed by atoms with van der Waals surface area (Å²) in [7, 11) is 0. The van der Waals surface area contributed by atoms with Crippen LogP contribution in [0.2, 0.25) is 0 Å². The molecule has 1 aliphatic heterocycles. The number of hydrogen-bond donors (Lipinski definition) is 1. The summed E-state index contributed by atoms with van der Waals surface area (Å²) in [4.78, 5) is 10.6. The molecule has 3 nitrogen and oxygen atoms in total. The molecule has 0 aliphatic carbocycles. The van der Waals surface area contributed by atoms with Gasteiger partial charge in [0.05, 0.1) is 5.69 Å². The van der Waals surface area contributed by atoms with E-state index in [4.69, 9.17) is 0 Å². The quantitative estimate of drug-likeness (QED) is 0.734. The zero-order valence-corrected chi connectivity index (χ0v) is 14.1. The van der Waals surface area contributed by atoms with Gasteiger partial charge >= 0.3 is 0 Å². The molecule has 3 heterocycles. The highest BCUT2D eigenvalue weighted by molar-refractivity contribution is 5.84. The summed E-state index contributed by atoms with van der Waals surface area (Å²) in [5.41, 5.74) is 5.68. The van der Waals surface area contributed by atoms with Crippen molar-refractivity contribution in [3.63, 3.8) is 0 Å². The molecule has 3 heteroatoms. The molecule has 2 aromatic heterocycles. The van der Waals surface area contributed by atoms with Gasteiger partial charge in [0.2, 0.25) is 0 Å². The van der Waals surface area contributed by atoms with Crippen LogP contribution in [0.15, 0.2) is 42.5 Å². The number of nitrogens with one attached hydrogen (secondary N) is 1. The van der Waals surface area contributed by atoms with Crippen LogP contribution < -0.4 is 4.90 Å². The van der Waals surface area contributed by atoms with Gasteiger partial charge in [0.25, 0.3) is 0 Å². The average molecular weight is 317 g/mol. The molecule has 122 valence electrons. The van der Waals surface area contributed by atoms with Crippen LogP contribution in [0.5, 0.6) is 0 Å². The van der Waals surface area contributed by atoms with Crippen molar-refractivity contribution in [3.8, 4) is 0 Å². The van der Waals surface area contributed by atoms with Crippen molar-refractivity contribution in [3.05, 3.63) is 59.5 Å². The fourth-order valence-corrected chi connectivity index (χ4v) is 3.46. The van der Waals surface area contributed by atoms with Crippen molar-refractivity contribution in [2.75, 3.05) is 18.0 Å². The molecule has 3 aromatic rings. The number of aromatic amines is 1. The number of hydrogen-bond acceptors (Lipinski definition) is 2. The van der Waals surface area contributed by atoms with Gasteiger partial charge in [-0.25, -0.2) is 0 Å². The SMILES string of the molecule is Cc1cc(N2CCCCC2)cc(/C=C/c2cc3ccccc3[nH]2)n1. The molecular formula is C21H23N3. The lowest BCUT2D eigenvalue weighted by molar-refractivity contribution is 0.577. The number of para-hydroxylation sites is 1. The lowest BCUT2D eigenvalue weighted by Gasteiger charge is -2.29. The van der Waals surface area contributed by atoms with Crippen LogP contribution in [0, 0.1) is 6.92 Å². The van der Waals surface area contributed by atoms with Gasteiger partial charge in [0, 0.05) is 35.7 Å². The number of pyridine rings is 1. The van der Waals surface area contributed by atoms with Crippen LogP contribution in [-0.4, -0.2) is 23.1 Å². The average Bonchev–Trinajstić information content (AvgIpc) is 3.03. The van der Waals surface area contributed by atoms with Gasteiger partial charge in [-0.3, -0.25) is 4.98 Å². The number of aromatic nitrogens is 2. The minimum absolute atomic E-state index is 1.02. The second kappa shape index (κ2) is 6.52. The molecule has 1 N–H and O–H groups in total. The zero-order valence-electron chi connectivity index (χ0n) is 14.1. The van der Waals surface area contributed by atoms with E-state index in [1.54, 1.807) is 0 Å². The summed E-state index contributed by atoms with van der Waals surface area (Å²) in [5.74, 6) is 0. The number of rotatable bonds is 3. The predicted molar refractivity (Wildman–Crippen MR) is 102 cm³/mol. The first kappa shape index (κ1) is 15.0. The Morgan fingerprint density at radius 1 is 1.00 bits per heavy atom. The van der Waals surface area contributed by atoms with E-state index in [9.17, 15) is 0 Å². The highest BCUT2D eigenvalue weighted by Crippen LogP contribution is 2.22. The Kier molecular flexibility index (Phi) is 4.08. The summed E-state index contributed by atoms with van der Waals surface area (Å²) < 4.78 is 0. The summed E-state index contributed by atoms with van der Waals surface area (Å²) in [6, 6.07) is 14.9. The van der Waals surface area contributed by atoms with Crippen LogP contribution in [-0.2, 0) is 0 Å². The fourth-order valence-electron chi connectivity index (χ4n) is 3.46. The van der Waals surface area contributed by atoms with Crippen molar-refractivity contribution < 1.29 is 0 Å². The second-order valence-corrected chi connectivity index (χ2v) is 6.58. The standard InChI is InChI=1S/C21H23N3/c1-16-13-20(24-11-5-2-6-12-24)15-19(22-16)10-9-18-14-17-7-3-4-8-21(17)23-18/h3-4,7-10,13-15,23H,2,5-6,11-12H2,1H3/b10-9+. The first-order valence-electron chi connectivity index (χ1n) is 8.77. The van der Waals surface area contributed by atoms with Gasteiger partial charge in [-0.2, -0.15) is 0 Å². The van der Waals surface area contributed by atoms with E-state index in [0.29, 0.717) is 0 Å². The third-order valence-corrected chi connectivity index (χ3v) is 4.66. The van der Waals surface area contributed by atoms with Crippen molar-refractivity contribution in [2.45, 2.75) is 26.2 Å². The third-order valence-electron chi connectivity index (χ3n) is 4.66. The van der Waals surface area contributed by atoms with Crippen molar-refractivity contribution >= 4 is 28.7 Å². The Morgan fingerprint density at radius 2 is 1.83 bits per heavy atom. The highest BCUT2D eigenvalue weighted by Gasteiger charge is 2.11. The molecule has 1 aliphatic rings. The maximum Gasteiger partial charge on any atom is 0.0654 e. The minimum Gasteiger partial charge on any atom is -0.371 e. The molecule has 0 unspecified atom stereocenters. The van der Waals surface area contributed by atoms with Gasteiger partial charge in [-0.05, 0) is 68.0 Å². The number of benzene rings is 1. The van der Waals surface area contributed by atoms with Crippen LogP contribution in [0.3, 0.4) is 0 Å². The molecule has 0 atom stereocenters. The Morgan fingerprint density at radius 3 is 2.67 bits per heavy atom. The zero-order chi connectivity index (χ0) is 16.4. The van der Waals surface area contributed by atoms with E-state index in [2.05, 4.69) is 76.4 Å². The first-order valence-corrected chi connectivity index (χ1v) is 8.77. The Balaban J connectivity index is 1.60. The van der Waals surface area contributed by atoms with Crippen LogP contribution >= 0.6 is 0 Å². The van der Waals surface area contributed by atoms with E-state index < -0.39 is 0 Å². The lowest BCUT2D eigenvalue weighted by Crippen LogP contribution is -2.29. The maximum atomic E-state index is 4.67. The van der Waals surface area contributed by atoms with E-state index >= 15 is 0 Å². The summed E-state index contributed by atoms with van der Waals surface area (Å²) in [6.07, 6.45) is 8.16. The van der Waals surface area contributed by atoms with Gasteiger partial charge in [0.1, 0.15) is 0 Å². The fraction of sp³-hybridized carbons (Fsp3) is 0.286. The second-order valence-electron chi connectivity index (χ2n) is 6.58. The van der Waals surface area contributed by atoms with E-state index in [-0.39, 0.29) is 0 Å². The monoisotopic (exact) mass is 317 g/mol. The van der Waals surface area contributed by atoms with Gasteiger partial charge < -0.3 is 9.88 Å². The molecule has 1 aromatic carbocycles. The summed E-state index contributed by atoms with van der Waals surface area (Å²) in [6.45, 7) is 4.40. The van der Waals surface area contributed by atoms with Gasteiger partial charge in [-0.1, -0.05) is 18.2 Å². The third kappa shape index (κ3) is 3.21. The minimum atomic E-state index is 1.02. The molecule has 4 rings (SSSR count). The lowest BCUT2D eigenvalue weighted by atomic mass is 10.1. The molecule has 24 heavy (non-hydrogen) atoms. The maximum absolute atomic E-state index is 4.67. The number of piperidine rings is 1. The van der Waals surface area contributed by atoms with E-state index in [0.717, 1.165) is 30.2 Å².